The van der Waals surface area contributed by atoms with Crippen LogP contribution in [0.3, 0.4) is 0 Å². The molecule has 1 fully saturated rings. The first-order chi connectivity index (χ1) is 10.6. The SMILES string of the molecule is C=CCOC(=O)[C@@H]1C(=C)NC(=O)N[C@H]1/C=C/c1ccccc1. The number of hydrogen-bond donors (Lipinski definition) is 2. The van der Waals surface area contributed by atoms with Crippen molar-refractivity contribution in [2.75, 3.05) is 6.61 Å². The van der Waals surface area contributed by atoms with Crippen LogP contribution < -0.4 is 10.6 Å². The van der Waals surface area contributed by atoms with Gasteiger partial charge in [-0.05, 0) is 5.56 Å². The first-order valence-electron chi connectivity index (χ1n) is 6.89. The summed E-state index contributed by atoms with van der Waals surface area (Å²) in [5, 5.41) is 5.21. The zero-order valence-electron chi connectivity index (χ0n) is 12.1. The van der Waals surface area contributed by atoms with Crippen LogP contribution in [0.25, 0.3) is 6.08 Å². The summed E-state index contributed by atoms with van der Waals surface area (Å²) >= 11 is 0. The Morgan fingerprint density at radius 2 is 2.05 bits per heavy atom. The van der Waals surface area contributed by atoms with E-state index in [9.17, 15) is 9.59 Å². The molecule has 1 aromatic rings. The standard InChI is InChI=1S/C17H18N2O3/c1-3-11-22-16(20)15-12(2)18-17(21)19-14(15)10-9-13-7-5-4-6-8-13/h3-10,14-15H,1-2,11H2,(H2,18,19,21)/b10-9+/t14-,15+/m0/s1. The zero-order chi connectivity index (χ0) is 15.9. The maximum absolute atomic E-state index is 12.1. The number of amides is 2. The summed E-state index contributed by atoms with van der Waals surface area (Å²) in [6, 6.07) is 8.70. The van der Waals surface area contributed by atoms with Crippen LogP contribution in [0, 0.1) is 5.92 Å². The molecule has 1 aliphatic rings. The minimum Gasteiger partial charge on any atom is -0.461 e. The van der Waals surface area contributed by atoms with E-state index in [4.69, 9.17) is 4.74 Å². The summed E-state index contributed by atoms with van der Waals surface area (Å²) in [6.45, 7) is 7.37. The van der Waals surface area contributed by atoms with Gasteiger partial charge in [-0.25, -0.2) is 4.79 Å². The van der Waals surface area contributed by atoms with Crippen LogP contribution in [0.2, 0.25) is 0 Å². The Labute approximate surface area is 129 Å². The van der Waals surface area contributed by atoms with Crippen molar-refractivity contribution in [3.63, 3.8) is 0 Å². The first kappa shape index (κ1) is 15.6. The number of hydrogen-bond acceptors (Lipinski definition) is 3. The van der Waals surface area contributed by atoms with Crippen LogP contribution in [-0.4, -0.2) is 24.6 Å². The summed E-state index contributed by atoms with van der Waals surface area (Å²) in [5.41, 5.74) is 1.29. The lowest BCUT2D eigenvalue weighted by molar-refractivity contribution is -0.146. The third kappa shape index (κ3) is 3.85. The summed E-state index contributed by atoms with van der Waals surface area (Å²) < 4.78 is 5.08. The van der Waals surface area contributed by atoms with Gasteiger partial charge in [0.1, 0.15) is 12.5 Å². The minimum atomic E-state index is -0.683. The predicted octanol–water partition coefficient (Wildman–Crippen LogP) is 2.24. The van der Waals surface area contributed by atoms with Crippen molar-refractivity contribution in [1.82, 2.24) is 10.6 Å². The number of ether oxygens (including phenoxy) is 1. The molecule has 2 amide bonds. The zero-order valence-corrected chi connectivity index (χ0v) is 12.1. The van der Waals surface area contributed by atoms with Crippen molar-refractivity contribution < 1.29 is 14.3 Å². The molecule has 1 aliphatic heterocycles. The number of benzene rings is 1. The molecule has 22 heavy (non-hydrogen) atoms. The van der Waals surface area contributed by atoms with Crippen molar-refractivity contribution in [1.29, 1.82) is 0 Å². The van der Waals surface area contributed by atoms with E-state index in [0.29, 0.717) is 5.70 Å². The smallest absolute Gasteiger partial charge is 0.319 e. The van der Waals surface area contributed by atoms with Crippen molar-refractivity contribution in [2.24, 2.45) is 5.92 Å². The Morgan fingerprint density at radius 1 is 1.32 bits per heavy atom. The van der Waals surface area contributed by atoms with Gasteiger partial charge in [0.25, 0.3) is 0 Å². The fourth-order valence-electron chi connectivity index (χ4n) is 2.17. The van der Waals surface area contributed by atoms with Gasteiger partial charge in [0, 0.05) is 5.70 Å². The van der Waals surface area contributed by atoms with E-state index in [1.54, 1.807) is 6.08 Å². The Morgan fingerprint density at radius 3 is 2.73 bits per heavy atom. The molecule has 0 bridgehead atoms. The van der Waals surface area contributed by atoms with Gasteiger partial charge in [-0.2, -0.15) is 0 Å². The van der Waals surface area contributed by atoms with Gasteiger partial charge < -0.3 is 15.4 Å². The van der Waals surface area contributed by atoms with Gasteiger partial charge in [0.2, 0.25) is 0 Å². The molecule has 1 aromatic carbocycles. The molecule has 1 saturated heterocycles. The highest BCUT2D eigenvalue weighted by Crippen LogP contribution is 2.20. The molecule has 2 N–H and O–H groups in total. The van der Waals surface area contributed by atoms with Crippen molar-refractivity contribution in [3.05, 3.63) is 66.9 Å². The van der Waals surface area contributed by atoms with Crippen molar-refractivity contribution in [2.45, 2.75) is 6.04 Å². The number of carbonyl (C=O) groups is 2. The van der Waals surface area contributed by atoms with Crippen molar-refractivity contribution >= 4 is 18.1 Å². The van der Waals surface area contributed by atoms with Gasteiger partial charge in [-0.1, -0.05) is 61.7 Å². The van der Waals surface area contributed by atoms with Crippen molar-refractivity contribution in [3.8, 4) is 0 Å². The van der Waals surface area contributed by atoms with Crippen LogP contribution in [0.5, 0.6) is 0 Å². The second-order valence-corrected chi connectivity index (χ2v) is 4.82. The average molecular weight is 298 g/mol. The highest BCUT2D eigenvalue weighted by atomic mass is 16.5. The molecular formula is C17H18N2O3. The Hall–Kier alpha value is -2.82. The highest BCUT2D eigenvalue weighted by molar-refractivity contribution is 5.85. The van der Waals surface area contributed by atoms with E-state index >= 15 is 0 Å². The van der Waals surface area contributed by atoms with Crippen LogP contribution in [0.15, 0.2) is 61.3 Å². The maximum atomic E-state index is 12.1. The second-order valence-electron chi connectivity index (χ2n) is 4.82. The number of rotatable bonds is 5. The van der Waals surface area contributed by atoms with Crippen LogP contribution in [-0.2, 0) is 9.53 Å². The van der Waals surface area contributed by atoms with E-state index in [1.165, 1.54) is 6.08 Å². The Bertz CT molecular complexity index is 608. The maximum Gasteiger partial charge on any atom is 0.319 e. The fourth-order valence-corrected chi connectivity index (χ4v) is 2.17. The molecule has 0 aromatic heterocycles. The first-order valence-corrected chi connectivity index (χ1v) is 6.89. The Kier molecular flexibility index (Phi) is 5.14. The molecule has 1 heterocycles. The highest BCUT2D eigenvalue weighted by Gasteiger charge is 2.36. The number of nitrogens with one attached hydrogen (secondary N) is 2. The summed E-state index contributed by atoms with van der Waals surface area (Å²) in [6.07, 6.45) is 5.10. The van der Waals surface area contributed by atoms with Gasteiger partial charge >= 0.3 is 12.0 Å². The summed E-state index contributed by atoms with van der Waals surface area (Å²) in [4.78, 5) is 23.7. The number of esters is 1. The molecule has 2 atom stereocenters. The normalized spacial score (nSPS) is 21.1. The van der Waals surface area contributed by atoms with Crippen LogP contribution >= 0.6 is 0 Å². The van der Waals surface area contributed by atoms with Crippen LogP contribution in [0.1, 0.15) is 5.56 Å². The van der Waals surface area contributed by atoms with E-state index in [0.717, 1.165) is 5.56 Å². The Balaban J connectivity index is 2.17. The minimum absolute atomic E-state index is 0.117. The molecule has 0 radical (unpaired) electrons. The lowest BCUT2D eigenvalue weighted by Gasteiger charge is -2.31. The molecule has 0 spiro atoms. The molecule has 114 valence electrons. The monoisotopic (exact) mass is 298 g/mol. The molecule has 0 unspecified atom stereocenters. The second kappa shape index (κ2) is 7.26. The molecule has 5 heteroatoms. The van der Waals surface area contributed by atoms with E-state index in [1.807, 2.05) is 36.4 Å². The van der Waals surface area contributed by atoms with Gasteiger partial charge in [-0.15, -0.1) is 0 Å². The molecular weight excluding hydrogens is 280 g/mol. The number of urea groups is 1. The molecule has 0 saturated carbocycles. The van der Waals surface area contributed by atoms with Crippen LogP contribution in [0.4, 0.5) is 4.79 Å². The number of carbonyl (C=O) groups excluding carboxylic acids is 2. The molecule has 2 rings (SSSR count). The summed E-state index contributed by atoms with van der Waals surface area (Å²) in [5.74, 6) is -1.14. The molecule has 5 nitrogen and oxygen atoms in total. The van der Waals surface area contributed by atoms with E-state index < -0.39 is 17.9 Å². The van der Waals surface area contributed by atoms with Gasteiger partial charge in [0.05, 0.1) is 6.04 Å². The summed E-state index contributed by atoms with van der Waals surface area (Å²) in [7, 11) is 0. The topological polar surface area (TPSA) is 67.4 Å². The van der Waals surface area contributed by atoms with Gasteiger partial charge in [0.15, 0.2) is 0 Å². The third-order valence-corrected chi connectivity index (χ3v) is 3.20. The predicted molar refractivity (Wildman–Crippen MR) is 84.7 cm³/mol. The van der Waals surface area contributed by atoms with Gasteiger partial charge in [-0.3, -0.25) is 4.79 Å². The van der Waals surface area contributed by atoms with E-state index in [-0.39, 0.29) is 12.6 Å². The third-order valence-electron chi connectivity index (χ3n) is 3.20. The largest absolute Gasteiger partial charge is 0.461 e. The van der Waals surface area contributed by atoms with E-state index in [2.05, 4.69) is 23.8 Å². The quantitative estimate of drug-likeness (QED) is 0.647. The lowest BCUT2D eigenvalue weighted by Crippen LogP contribution is -2.55. The molecule has 0 aliphatic carbocycles. The lowest BCUT2D eigenvalue weighted by atomic mass is 9.94. The fraction of sp³-hybridized carbons (Fsp3) is 0.176. The average Bonchev–Trinajstić information content (AvgIpc) is 2.51.